The molecule has 0 bridgehead atoms. The van der Waals surface area contributed by atoms with Crippen molar-refractivity contribution in [3.63, 3.8) is 0 Å². The van der Waals surface area contributed by atoms with E-state index < -0.39 is 0 Å². The standard InChI is InChI=1S/C22H25NO3/c1-21-8-6-15-14-5-3-13(23-25)10-12(14)2-4-16(15)20(21)17-11-18(17)22(21)9-7-19(24)26-22/h2,4,7,9-10,14-18,20,25H,3,5-6,8,11H2,1H3/b23-13+/t14-,15?,16?,17+,18-,20?,21-,22-/m0/s1. The highest BCUT2D eigenvalue weighted by atomic mass is 16.6. The Hall–Kier alpha value is -1.84. The Labute approximate surface area is 153 Å². The van der Waals surface area contributed by atoms with Gasteiger partial charge in [-0.1, -0.05) is 24.2 Å². The molecule has 1 N–H and O–H groups in total. The van der Waals surface area contributed by atoms with E-state index in [1.807, 2.05) is 0 Å². The third-order valence-corrected chi connectivity index (χ3v) is 8.75. The fourth-order valence-electron chi connectivity index (χ4n) is 7.70. The van der Waals surface area contributed by atoms with Crippen molar-refractivity contribution in [1.82, 2.24) is 0 Å². The molecule has 4 heteroatoms. The van der Waals surface area contributed by atoms with Crippen LogP contribution in [0.15, 0.2) is 41.1 Å². The number of hydrogen-bond acceptors (Lipinski definition) is 4. The van der Waals surface area contributed by atoms with Gasteiger partial charge in [0.25, 0.3) is 0 Å². The molecule has 0 radical (unpaired) electrons. The normalized spacial score (nSPS) is 54.4. The van der Waals surface area contributed by atoms with Gasteiger partial charge in [-0.2, -0.15) is 0 Å². The van der Waals surface area contributed by atoms with Crippen LogP contribution >= 0.6 is 0 Å². The molecular weight excluding hydrogens is 326 g/mol. The number of oxime groups is 1. The first-order valence-corrected chi connectivity index (χ1v) is 10.1. The number of allylic oxidation sites excluding steroid dienone is 4. The minimum atomic E-state index is -0.336. The van der Waals surface area contributed by atoms with Gasteiger partial charge in [-0.15, -0.1) is 0 Å². The van der Waals surface area contributed by atoms with Gasteiger partial charge in [-0.3, -0.25) is 0 Å². The number of carbonyl (C=O) groups excluding carboxylic acids is 1. The molecular formula is C22H25NO3. The van der Waals surface area contributed by atoms with Gasteiger partial charge < -0.3 is 9.94 Å². The molecule has 0 saturated heterocycles. The van der Waals surface area contributed by atoms with Gasteiger partial charge in [0, 0.05) is 17.4 Å². The minimum absolute atomic E-state index is 0.0718. The van der Waals surface area contributed by atoms with E-state index >= 15 is 0 Å². The number of rotatable bonds is 0. The zero-order chi connectivity index (χ0) is 17.7. The van der Waals surface area contributed by atoms with Crippen LogP contribution in [0.4, 0.5) is 0 Å². The topological polar surface area (TPSA) is 58.9 Å². The lowest BCUT2D eigenvalue weighted by molar-refractivity contribution is -0.165. The minimum Gasteiger partial charge on any atom is -0.451 e. The van der Waals surface area contributed by atoms with Crippen molar-refractivity contribution in [2.45, 2.75) is 44.6 Å². The Balaban J connectivity index is 1.40. The number of ether oxygens (including phenoxy) is 1. The fraction of sp³-hybridized carbons (Fsp3) is 0.636. The summed E-state index contributed by atoms with van der Waals surface area (Å²) in [5, 5.41) is 12.6. The van der Waals surface area contributed by atoms with Crippen LogP contribution in [0.25, 0.3) is 0 Å². The van der Waals surface area contributed by atoms with Crippen LogP contribution in [0, 0.1) is 40.9 Å². The largest absolute Gasteiger partial charge is 0.451 e. The predicted molar refractivity (Wildman–Crippen MR) is 96.5 cm³/mol. The summed E-state index contributed by atoms with van der Waals surface area (Å²) in [6, 6.07) is 0. The second kappa shape index (κ2) is 4.71. The first-order chi connectivity index (χ1) is 12.6. The van der Waals surface area contributed by atoms with Gasteiger partial charge >= 0.3 is 5.97 Å². The molecule has 6 rings (SSSR count). The molecule has 1 spiro atoms. The zero-order valence-corrected chi connectivity index (χ0v) is 15.1. The summed E-state index contributed by atoms with van der Waals surface area (Å²) in [5.41, 5.74) is 1.89. The third-order valence-electron chi connectivity index (χ3n) is 8.75. The van der Waals surface area contributed by atoms with Crippen molar-refractivity contribution in [3.8, 4) is 0 Å². The number of fused-ring (bicyclic) bond motifs is 9. The zero-order valence-electron chi connectivity index (χ0n) is 15.1. The smallest absolute Gasteiger partial charge is 0.331 e. The van der Waals surface area contributed by atoms with E-state index in [0.29, 0.717) is 35.5 Å². The Morgan fingerprint density at radius 3 is 2.92 bits per heavy atom. The first-order valence-electron chi connectivity index (χ1n) is 10.1. The monoisotopic (exact) mass is 351 g/mol. The third kappa shape index (κ3) is 1.62. The van der Waals surface area contributed by atoms with Crippen LogP contribution < -0.4 is 0 Å². The Morgan fingerprint density at radius 1 is 1.27 bits per heavy atom. The molecule has 0 aromatic carbocycles. The van der Waals surface area contributed by atoms with Crippen LogP contribution in [0.3, 0.4) is 0 Å². The Morgan fingerprint density at radius 2 is 2.15 bits per heavy atom. The molecule has 136 valence electrons. The summed E-state index contributed by atoms with van der Waals surface area (Å²) in [7, 11) is 0. The molecule has 5 aliphatic carbocycles. The molecule has 0 aromatic heterocycles. The lowest BCUT2D eigenvalue weighted by Gasteiger charge is -2.55. The van der Waals surface area contributed by atoms with Crippen molar-refractivity contribution in [2.24, 2.45) is 46.1 Å². The van der Waals surface area contributed by atoms with Crippen LogP contribution in [-0.4, -0.2) is 22.5 Å². The second-order valence-electron chi connectivity index (χ2n) is 9.52. The molecule has 0 amide bonds. The molecule has 1 heterocycles. The molecule has 3 saturated carbocycles. The number of esters is 1. The maximum atomic E-state index is 12.0. The maximum absolute atomic E-state index is 12.0. The molecule has 8 atom stereocenters. The molecule has 26 heavy (non-hydrogen) atoms. The highest BCUT2D eigenvalue weighted by molar-refractivity contribution is 5.96. The van der Waals surface area contributed by atoms with Gasteiger partial charge in [-0.05, 0) is 79.4 Å². The van der Waals surface area contributed by atoms with E-state index in [2.05, 4.69) is 36.4 Å². The van der Waals surface area contributed by atoms with Crippen molar-refractivity contribution in [1.29, 1.82) is 0 Å². The summed E-state index contributed by atoms with van der Waals surface area (Å²) in [6.45, 7) is 2.39. The lowest BCUT2D eigenvalue weighted by atomic mass is 9.50. The van der Waals surface area contributed by atoms with Gasteiger partial charge in [0.05, 0.1) is 5.71 Å². The lowest BCUT2D eigenvalue weighted by Crippen LogP contribution is -2.54. The SMILES string of the molecule is C[C@]12CCC3C(C=CC4=C/C(=N/O)CC[C@@H]43)C1[C@@H]1C[C@@H]1[C@@]21C=CC(=O)O1. The molecule has 0 aromatic rings. The van der Waals surface area contributed by atoms with E-state index in [0.717, 1.165) is 25.0 Å². The second-order valence-corrected chi connectivity index (χ2v) is 9.52. The van der Waals surface area contributed by atoms with Crippen LogP contribution in [0.1, 0.15) is 39.0 Å². The summed E-state index contributed by atoms with van der Waals surface area (Å²) < 4.78 is 6.02. The Bertz CT molecular complexity index is 823. The summed E-state index contributed by atoms with van der Waals surface area (Å²) in [4.78, 5) is 12.0. The predicted octanol–water partition coefficient (Wildman–Crippen LogP) is 3.87. The van der Waals surface area contributed by atoms with E-state index in [4.69, 9.17) is 9.94 Å². The highest BCUT2D eigenvalue weighted by Crippen LogP contribution is 2.77. The maximum Gasteiger partial charge on any atom is 0.331 e. The van der Waals surface area contributed by atoms with Crippen molar-refractivity contribution < 1.29 is 14.7 Å². The number of hydrogen-bond donors (Lipinski definition) is 1. The number of carbonyl (C=O) groups is 1. The van der Waals surface area contributed by atoms with Crippen molar-refractivity contribution in [3.05, 3.63) is 36.0 Å². The summed E-state index contributed by atoms with van der Waals surface area (Å²) >= 11 is 0. The van der Waals surface area contributed by atoms with Gasteiger partial charge in [-0.25, -0.2) is 4.79 Å². The average Bonchev–Trinajstić information content (AvgIpc) is 3.29. The van der Waals surface area contributed by atoms with E-state index in [-0.39, 0.29) is 17.0 Å². The molecule has 6 aliphatic rings. The Kier molecular flexibility index (Phi) is 2.76. The van der Waals surface area contributed by atoms with Gasteiger partial charge in [0.2, 0.25) is 0 Å². The highest BCUT2D eigenvalue weighted by Gasteiger charge is 2.77. The summed E-state index contributed by atoms with van der Waals surface area (Å²) in [6.07, 6.45) is 16.1. The van der Waals surface area contributed by atoms with Crippen LogP contribution in [-0.2, 0) is 9.53 Å². The van der Waals surface area contributed by atoms with Crippen LogP contribution in [0.5, 0.6) is 0 Å². The molecule has 1 aliphatic heterocycles. The average molecular weight is 351 g/mol. The molecule has 3 unspecified atom stereocenters. The van der Waals surface area contributed by atoms with Gasteiger partial charge in [0.15, 0.2) is 0 Å². The van der Waals surface area contributed by atoms with Crippen molar-refractivity contribution in [2.75, 3.05) is 0 Å². The summed E-state index contributed by atoms with van der Waals surface area (Å²) in [5.74, 6) is 3.57. The molecule has 4 nitrogen and oxygen atoms in total. The molecule has 3 fully saturated rings. The van der Waals surface area contributed by atoms with E-state index in [1.54, 1.807) is 6.08 Å². The quantitative estimate of drug-likeness (QED) is 0.409. The fourth-order valence-corrected chi connectivity index (χ4v) is 7.70. The van der Waals surface area contributed by atoms with Crippen LogP contribution in [0.2, 0.25) is 0 Å². The van der Waals surface area contributed by atoms with E-state index in [1.165, 1.54) is 18.4 Å². The number of nitrogens with zero attached hydrogens (tertiary/aromatic N) is 1. The first kappa shape index (κ1) is 15.2. The van der Waals surface area contributed by atoms with Crippen molar-refractivity contribution >= 4 is 11.7 Å². The van der Waals surface area contributed by atoms with E-state index in [9.17, 15) is 4.79 Å². The van der Waals surface area contributed by atoms with Gasteiger partial charge in [0.1, 0.15) is 5.60 Å².